The van der Waals surface area contributed by atoms with Gasteiger partial charge in [-0.2, -0.15) is 0 Å². The Labute approximate surface area is 119 Å². The Balaban J connectivity index is 2.97. The molecule has 0 saturated carbocycles. The average Bonchev–Trinajstić information content (AvgIpc) is 2.43. The van der Waals surface area contributed by atoms with E-state index < -0.39 is 11.7 Å². The second-order valence-electron chi connectivity index (χ2n) is 4.93. The second-order valence-corrected chi connectivity index (χ2v) is 4.93. The molecule has 3 nitrogen and oxygen atoms in total. The molecule has 3 N–H and O–H groups in total. The fourth-order valence-corrected chi connectivity index (χ4v) is 1.92. The smallest absolute Gasteiger partial charge is 0.254 e. The lowest BCUT2D eigenvalue weighted by Gasteiger charge is -2.20. The minimum atomic E-state index is -0.542. The van der Waals surface area contributed by atoms with Crippen LogP contribution in [0.1, 0.15) is 43.1 Å². The van der Waals surface area contributed by atoms with Gasteiger partial charge in [0.25, 0.3) is 5.91 Å². The quantitative estimate of drug-likeness (QED) is 0.829. The highest BCUT2D eigenvalue weighted by atomic mass is 19.1. The van der Waals surface area contributed by atoms with Crippen LogP contribution in [0.25, 0.3) is 0 Å². The van der Waals surface area contributed by atoms with Gasteiger partial charge in [-0.25, -0.2) is 4.39 Å². The molecular weight excluding hydrogens is 255 g/mol. The van der Waals surface area contributed by atoms with Crippen LogP contribution in [0.15, 0.2) is 18.2 Å². The second kappa shape index (κ2) is 7.66. The number of nitrogens with one attached hydrogen (secondary N) is 1. The molecule has 0 aliphatic heterocycles. The van der Waals surface area contributed by atoms with Gasteiger partial charge in [-0.15, -0.1) is 0 Å². The molecule has 1 unspecified atom stereocenters. The van der Waals surface area contributed by atoms with Crippen LogP contribution in [0.5, 0.6) is 0 Å². The van der Waals surface area contributed by atoms with E-state index in [0.717, 1.165) is 6.42 Å². The monoisotopic (exact) mass is 276 g/mol. The number of amides is 1. The summed E-state index contributed by atoms with van der Waals surface area (Å²) in [7, 11) is 0. The Hall–Kier alpha value is -1.86. The summed E-state index contributed by atoms with van der Waals surface area (Å²) in [6.07, 6.45) is 0.803. The van der Waals surface area contributed by atoms with E-state index in [1.165, 1.54) is 18.2 Å². The molecule has 0 aliphatic carbocycles. The van der Waals surface area contributed by atoms with Gasteiger partial charge in [0, 0.05) is 11.6 Å². The number of benzene rings is 1. The van der Waals surface area contributed by atoms with E-state index in [1.54, 1.807) is 0 Å². The Morgan fingerprint density at radius 3 is 2.70 bits per heavy atom. The predicted molar refractivity (Wildman–Crippen MR) is 78.7 cm³/mol. The van der Waals surface area contributed by atoms with Gasteiger partial charge < -0.3 is 11.1 Å². The molecule has 0 heterocycles. The zero-order valence-corrected chi connectivity index (χ0v) is 12.2. The molecule has 0 fully saturated rings. The lowest BCUT2D eigenvalue weighted by atomic mass is 10.0. The number of halogens is 1. The normalized spacial score (nSPS) is 11.7. The highest BCUT2D eigenvalue weighted by Crippen LogP contribution is 2.12. The summed E-state index contributed by atoms with van der Waals surface area (Å²) in [5.74, 6) is 4.83. The highest BCUT2D eigenvalue weighted by molar-refractivity contribution is 5.95. The Kier molecular flexibility index (Phi) is 6.20. The molecule has 0 aliphatic rings. The first-order valence-corrected chi connectivity index (χ1v) is 6.79. The van der Waals surface area contributed by atoms with Crippen molar-refractivity contribution in [2.24, 2.45) is 11.7 Å². The van der Waals surface area contributed by atoms with Crippen LogP contribution < -0.4 is 11.1 Å². The third-order valence-electron chi connectivity index (χ3n) is 3.11. The molecule has 1 amide bonds. The average molecular weight is 276 g/mol. The van der Waals surface area contributed by atoms with Crippen LogP contribution >= 0.6 is 0 Å². The van der Waals surface area contributed by atoms with Crippen molar-refractivity contribution < 1.29 is 9.18 Å². The molecule has 1 rings (SSSR count). The highest BCUT2D eigenvalue weighted by Gasteiger charge is 2.18. The number of hydrogen-bond acceptors (Lipinski definition) is 2. The molecule has 0 bridgehead atoms. The molecule has 0 saturated heterocycles. The Morgan fingerprint density at radius 2 is 2.15 bits per heavy atom. The maximum Gasteiger partial charge on any atom is 0.254 e. The zero-order chi connectivity index (χ0) is 15.1. The summed E-state index contributed by atoms with van der Waals surface area (Å²) in [6, 6.07) is 4.28. The van der Waals surface area contributed by atoms with Gasteiger partial charge in [-0.1, -0.05) is 32.6 Å². The minimum Gasteiger partial charge on any atom is -0.349 e. The summed E-state index contributed by atoms with van der Waals surface area (Å²) in [5.41, 5.74) is 5.90. The fourth-order valence-electron chi connectivity index (χ4n) is 1.92. The van der Waals surface area contributed by atoms with E-state index in [1.807, 2.05) is 20.8 Å². The molecule has 0 spiro atoms. The Bertz CT molecular complexity index is 529. The third-order valence-corrected chi connectivity index (χ3v) is 3.11. The van der Waals surface area contributed by atoms with Gasteiger partial charge >= 0.3 is 0 Å². The van der Waals surface area contributed by atoms with Gasteiger partial charge in [0.05, 0.1) is 12.1 Å². The molecule has 1 aromatic carbocycles. The minimum absolute atomic E-state index is 0.0212. The molecule has 0 radical (unpaired) electrons. The maximum atomic E-state index is 13.8. The predicted octanol–water partition coefficient (Wildman–Crippen LogP) is 2.30. The van der Waals surface area contributed by atoms with Gasteiger partial charge in [0.15, 0.2) is 0 Å². The van der Waals surface area contributed by atoms with E-state index >= 15 is 0 Å². The van der Waals surface area contributed by atoms with Crippen LogP contribution in [0.4, 0.5) is 4.39 Å². The summed E-state index contributed by atoms with van der Waals surface area (Å²) >= 11 is 0. The van der Waals surface area contributed by atoms with Crippen LogP contribution in [-0.2, 0) is 0 Å². The van der Waals surface area contributed by atoms with Crippen molar-refractivity contribution in [3.8, 4) is 11.8 Å². The van der Waals surface area contributed by atoms with Gasteiger partial charge in [-0.05, 0) is 30.5 Å². The van der Waals surface area contributed by atoms with E-state index in [-0.39, 0.29) is 18.2 Å². The molecule has 108 valence electrons. The lowest BCUT2D eigenvalue weighted by molar-refractivity contribution is 0.0920. The molecule has 1 atom stereocenters. The van der Waals surface area contributed by atoms with E-state index in [4.69, 9.17) is 5.73 Å². The lowest BCUT2D eigenvalue weighted by Crippen LogP contribution is -2.38. The van der Waals surface area contributed by atoms with Crippen molar-refractivity contribution in [1.29, 1.82) is 0 Å². The fraction of sp³-hybridized carbons (Fsp3) is 0.438. The first-order chi connectivity index (χ1) is 9.49. The van der Waals surface area contributed by atoms with E-state index in [2.05, 4.69) is 17.2 Å². The van der Waals surface area contributed by atoms with Gasteiger partial charge in [-0.3, -0.25) is 4.79 Å². The molecule has 1 aromatic rings. The number of hydrogen-bond donors (Lipinski definition) is 2. The van der Waals surface area contributed by atoms with Crippen molar-refractivity contribution in [2.45, 2.75) is 33.2 Å². The number of carbonyl (C=O) groups excluding carboxylic acids is 1. The topological polar surface area (TPSA) is 55.1 Å². The molecule has 4 heteroatoms. The molecule has 20 heavy (non-hydrogen) atoms. The molecular formula is C16H21FN2O. The summed E-state index contributed by atoms with van der Waals surface area (Å²) in [6.45, 7) is 6.26. The van der Waals surface area contributed by atoms with Crippen LogP contribution in [0.2, 0.25) is 0 Å². The van der Waals surface area contributed by atoms with Gasteiger partial charge in [0.2, 0.25) is 0 Å². The largest absolute Gasteiger partial charge is 0.349 e. The molecule has 0 aromatic heterocycles. The maximum absolute atomic E-state index is 13.8. The van der Waals surface area contributed by atoms with E-state index in [9.17, 15) is 9.18 Å². The van der Waals surface area contributed by atoms with Crippen molar-refractivity contribution >= 4 is 5.91 Å². The van der Waals surface area contributed by atoms with Crippen molar-refractivity contribution in [3.63, 3.8) is 0 Å². The third kappa shape index (κ3) is 4.36. The van der Waals surface area contributed by atoms with Crippen LogP contribution in [0.3, 0.4) is 0 Å². The SMILES string of the molecule is CCC(NC(=O)c1cc(C#CCN)ccc1F)C(C)C. The van der Waals surface area contributed by atoms with Crippen molar-refractivity contribution in [2.75, 3.05) is 6.54 Å². The van der Waals surface area contributed by atoms with Crippen molar-refractivity contribution in [1.82, 2.24) is 5.32 Å². The number of rotatable bonds is 4. The first-order valence-electron chi connectivity index (χ1n) is 6.79. The number of nitrogens with two attached hydrogens (primary N) is 1. The standard InChI is InChI=1S/C16H21FN2O/c1-4-15(11(2)3)19-16(20)13-10-12(6-5-9-18)7-8-14(13)17/h7-8,10-11,15H,4,9,18H2,1-3H3,(H,19,20). The Morgan fingerprint density at radius 1 is 1.45 bits per heavy atom. The van der Waals surface area contributed by atoms with Crippen LogP contribution in [0, 0.1) is 23.6 Å². The first kappa shape index (κ1) is 16.2. The van der Waals surface area contributed by atoms with E-state index in [0.29, 0.717) is 11.5 Å². The number of carbonyl (C=O) groups is 1. The van der Waals surface area contributed by atoms with Crippen molar-refractivity contribution in [3.05, 3.63) is 35.1 Å². The zero-order valence-electron chi connectivity index (χ0n) is 12.2. The van der Waals surface area contributed by atoms with Gasteiger partial charge in [0.1, 0.15) is 5.82 Å². The summed E-state index contributed by atoms with van der Waals surface area (Å²) < 4.78 is 13.8. The van der Waals surface area contributed by atoms with Crippen LogP contribution in [-0.4, -0.2) is 18.5 Å². The summed E-state index contributed by atoms with van der Waals surface area (Å²) in [5, 5.41) is 2.85. The summed E-state index contributed by atoms with van der Waals surface area (Å²) in [4.78, 5) is 12.1.